The summed E-state index contributed by atoms with van der Waals surface area (Å²) >= 11 is -4.54. The van der Waals surface area contributed by atoms with Gasteiger partial charge in [0, 0.05) is 0 Å². The molecule has 6 rings (SSSR count). The summed E-state index contributed by atoms with van der Waals surface area (Å²) in [6, 6.07) is 36.8. The van der Waals surface area contributed by atoms with Crippen molar-refractivity contribution < 1.29 is 18.3 Å². The van der Waals surface area contributed by atoms with Crippen molar-refractivity contribution in [1.82, 2.24) is 0 Å². The van der Waals surface area contributed by atoms with Crippen molar-refractivity contribution in [3.63, 3.8) is 0 Å². The molecule has 0 spiro atoms. The molecule has 4 aromatic carbocycles. The Hall–Kier alpha value is -2.31. The molecule has 0 fully saturated rings. The van der Waals surface area contributed by atoms with Crippen LogP contribution in [0.1, 0.15) is 43.9 Å². The standard InChI is InChI=1S/C13H9.C10H13.C6H5.C5H5.CH2.2ClH.Zr/c1-3-7-12-10(5-1)9-11-6-2-4-8-13(11)12;1-10(2,3)9-7-5-4-6-8-9;1-2-4-6-5-3-1;1-2-4-5-3-1;;;;/h1-5,7-8H,9H2;5-8H,1-3H3;1-5H;1-3H,4H2;1H2;2*1H;. The molecule has 0 N–H and O–H groups in total. The fraction of sp³-hybridized carbons (Fsp3) is 0.171. The van der Waals surface area contributed by atoms with Gasteiger partial charge in [-0.1, -0.05) is 0 Å². The first-order chi connectivity index (χ1) is 17.3. The molecule has 38 heavy (non-hydrogen) atoms. The monoisotopic (exact) mass is 616 g/mol. The zero-order chi connectivity index (χ0) is 25.0. The van der Waals surface area contributed by atoms with E-state index >= 15 is 0 Å². The van der Waals surface area contributed by atoms with Gasteiger partial charge < -0.3 is 0 Å². The summed E-state index contributed by atoms with van der Waals surface area (Å²) in [5, 5.41) is 0. The van der Waals surface area contributed by atoms with Crippen LogP contribution >= 0.6 is 24.8 Å². The molecule has 0 aromatic heterocycles. The van der Waals surface area contributed by atoms with E-state index in [1.807, 2.05) is 0 Å². The molecule has 2 aliphatic rings. The predicted molar refractivity (Wildman–Crippen MR) is 169 cm³/mol. The Balaban J connectivity index is 0.00000168. The first-order valence-electron chi connectivity index (χ1n) is 13.1. The van der Waals surface area contributed by atoms with Gasteiger partial charge in [0.15, 0.2) is 0 Å². The minimum atomic E-state index is -4.54. The second-order valence-electron chi connectivity index (χ2n) is 11.6. The van der Waals surface area contributed by atoms with E-state index in [-0.39, 0.29) is 30.2 Å². The van der Waals surface area contributed by atoms with Gasteiger partial charge in [-0.25, -0.2) is 0 Å². The van der Waals surface area contributed by atoms with E-state index in [1.165, 1.54) is 40.9 Å². The van der Waals surface area contributed by atoms with Crippen molar-refractivity contribution in [2.45, 2.75) is 39.0 Å². The molecule has 0 saturated carbocycles. The SMILES string of the molecule is Cl.Cl.[CH2]=[Zr]([C]1=CC=CC1)([c]1ccccc1)([c]1ccc(C(C)(C)C)cc1)[c]1cccc2c1Cc1ccccc1-2. The molecule has 0 unspecified atom stereocenters. The van der Waals surface area contributed by atoms with Crippen molar-refractivity contribution in [3.05, 3.63) is 135 Å². The first-order valence-corrected chi connectivity index (χ1v) is 19.7. The molecule has 0 heterocycles. The van der Waals surface area contributed by atoms with Crippen LogP contribution in [0.3, 0.4) is 0 Å². The van der Waals surface area contributed by atoms with Gasteiger partial charge in [0.25, 0.3) is 0 Å². The third kappa shape index (κ3) is 4.10. The molecule has 0 saturated heterocycles. The topological polar surface area (TPSA) is 0 Å². The van der Waals surface area contributed by atoms with Crippen LogP contribution in [0.2, 0.25) is 0 Å². The van der Waals surface area contributed by atoms with E-state index in [0.29, 0.717) is 0 Å². The molecule has 2 aliphatic carbocycles. The summed E-state index contributed by atoms with van der Waals surface area (Å²) in [5.74, 6) is 0. The van der Waals surface area contributed by atoms with Crippen molar-refractivity contribution in [3.8, 4) is 11.1 Å². The Morgan fingerprint density at radius 2 is 1.32 bits per heavy atom. The number of fused-ring (bicyclic) bond motifs is 3. The average Bonchev–Trinajstić information content (AvgIpc) is 3.57. The maximum atomic E-state index is 5.53. The van der Waals surface area contributed by atoms with E-state index in [1.54, 1.807) is 0 Å². The van der Waals surface area contributed by atoms with Gasteiger partial charge in [-0.05, 0) is 0 Å². The third-order valence-electron chi connectivity index (χ3n) is 8.72. The fourth-order valence-electron chi connectivity index (χ4n) is 6.70. The van der Waals surface area contributed by atoms with Gasteiger partial charge in [0.1, 0.15) is 0 Å². The van der Waals surface area contributed by atoms with E-state index in [2.05, 4.69) is 136 Å². The van der Waals surface area contributed by atoms with Crippen molar-refractivity contribution >= 4 is 38.8 Å². The van der Waals surface area contributed by atoms with Crippen LogP contribution in [-0.4, -0.2) is 4.21 Å². The predicted octanol–water partition coefficient (Wildman–Crippen LogP) is 7.64. The summed E-state index contributed by atoms with van der Waals surface area (Å²) in [7, 11) is 0. The Morgan fingerprint density at radius 3 is 1.97 bits per heavy atom. The van der Waals surface area contributed by atoms with Crippen LogP contribution in [0.15, 0.2) is 119 Å². The Bertz CT molecular complexity index is 1600. The molecule has 0 aliphatic heterocycles. The van der Waals surface area contributed by atoms with Gasteiger partial charge in [0.05, 0.1) is 0 Å². The van der Waals surface area contributed by atoms with Gasteiger partial charge in [-0.3, -0.25) is 0 Å². The van der Waals surface area contributed by atoms with E-state index in [0.717, 1.165) is 12.8 Å². The number of benzene rings is 4. The van der Waals surface area contributed by atoms with E-state index in [4.69, 9.17) is 4.21 Å². The zero-order valence-corrected chi connectivity index (χ0v) is 26.5. The molecule has 0 atom stereocenters. The minimum absolute atomic E-state index is 0. The number of hydrogen-bond donors (Lipinski definition) is 0. The van der Waals surface area contributed by atoms with Crippen LogP contribution < -0.4 is 9.81 Å². The number of rotatable bonds is 4. The molecule has 194 valence electrons. The van der Waals surface area contributed by atoms with E-state index in [9.17, 15) is 0 Å². The molecular weight excluding hydrogens is 583 g/mol. The van der Waals surface area contributed by atoms with Gasteiger partial charge in [-0.2, -0.15) is 0 Å². The third-order valence-corrected chi connectivity index (χ3v) is 25.1. The summed E-state index contributed by atoms with van der Waals surface area (Å²) in [5.41, 5.74) is 7.16. The molecule has 0 amide bonds. The first kappa shape index (κ1) is 28.7. The van der Waals surface area contributed by atoms with Crippen LogP contribution in [0.25, 0.3) is 11.1 Å². The normalized spacial score (nSPS) is 14.2. The van der Waals surface area contributed by atoms with Crippen LogP contribution in [-0.2, 0) is 30.1 Å². The van der Waals surface area contributed by atoms with Gasteiger partial charge in [-0.15, -0.1) is 24.8 Å². The summed E-state index contributed by atoms with van der Waals surface area (Å²) < 4.78 is 11.4. The van der Waals surface area contributed by atoms with Crippen molar-refractivity contribution in [1.29, 1.82) is 0 Å². The van der Waals surface area contributed by atoms with Crippen LogP contribution in [0, 0.1) is 0 Å². The second kappa shape index (κ2) is 10.3. The fourth-order valence-corrected chi connectivity index (χ4v) is 22.1. The molecule has 0 radical (unpaired) electrons. The van der Waals surface area contributed by atoms with Gasteiger partial charge in [0.2, 0.25) is 0 Å². The zero-order valence-electron chi connectivity index (χ0n) is 22.4. The summed E-state index contributed by atoms with van der Waals surface area (Å²) in [6.07, 6.45) is 8.91. The van der Waals surface area contributed by atoms with Crippen LogP contribution in [0.4, 0.5) is 0 Å². The molecule has 4 aromatic rings. The van der Waals surface area contributed by atoms with Crippen molar-refractivity contribution in [2.75, 3.05) is 0 Å². The Morgan fingerprint density at radius 1 is 0.684 bits per heavy atom. The summed E-state index contributed by atoms with van der Waals surface area (Å²) in [6.45, 7) is 6.88. The average molecular weight is 619 g/mol. The number of halogens is 2. The quantitative estimate of drug-likeness (QED) is 0.194. The molecule has 3 heteroatoms. The van der Waals surface area contributed by atoms with Crippen LogP contribution in [0.5, 0.6) is 0 Å². The summed E-state index contributed by atoms with van der Waals surface area (Å²) in [4.78, 5) is 0. The maximum absolute atomic E-state index is 5.53. The molecule has 0 nitrogen and oxygen atoms in total. The Labute approximate surface area is 241 Å². The Kier molecular flexibility index (Phi) is 7.81. The van der Waals surface area contributed by atoms with E-state index < -0.39 is 18.3 Å². The second-order valence-corrected chi connectivity index (χ2v) is 24.5. The number of hydrogen-bond acceptors (Lipinski definition) is 0. The molecule has 0 bridgehead atoms. The molecular formula is C35H36Cl2Zr. The van der Waals surface area contributed by atoms with Gasteiger partial charge >= 0.3 is 218 Å². The number of allylic oxidation sites excluding steroid dienone is 4. The van der Waals surface area contributed by atoms with Crippen molar-refractivity contribution in [2.24, 2.45) is 0 Å².